The molecule has 3 fully saturated rings. The Hall–Kier alpha value is -1.38. The number of likely N-dealkylation sites (tertiary alicyclic amines) is 1. The Kier molecular flexibility index (Phi) is 7.49. The van der Waals surface area contributed by atoms with Crippen molar-refractivity contribution < 1.29 is 14.6 Å². The van der Waals surface area contributed by atoms with Crippen molar-refractivity contribution in [2.24, 2.45) is 11.8 Å². The van der Waals surface area contributed by atoms with Gasteiger partial charge in [0.05, 0.1) is 7.11 Å². The molecule has 3 aliphatic heterocycles. The molecule has 0 bridgehead atoms. The van der Waals surface area contributed by atoms with Gasteiger partial charge in [-0.15, -0.1) is 0 Å². The minimum Gasteiger partial charge on any atom is -0.493 e. The van der Waals surface area contributed by atoms with Crippen LogP contribution in [0.1, 0.15) is 12.0 Å². The molecule has 3 saturated heterocycles. The topological polar surface area (TPSA) is 60.4 Å². The largest absolute Gasteiger partial charge is 0.493 e. The zero-order valence-corrected chi connectivity index (χ0v) is 18.6. The molecule has 1 aromatic rings. The number of rotatable bonds is 8. The number of benzene rings is 1. The first-order chi connectivity index (χ1) is 14.6. The number of nitrogens with one attached hydrogen (secondary N) is 1. The molecule has 0 saturated carbocycles. The Morgan fingerprint density at radius 3 is 2.63 bits per heavy atom. The average Bonchev–Trinajstić information content (AvgIpc) is 3.26. The summed E-state index contributed by atoms with van der Waals surface area (Å²) in [6.45, 7) is 10.8. The summed E-state index contributed by atoms with van der Waals surface area (Å²) in [4.78, 5) is 7.28. The molecule has 4 rings (SSSR count). The minimum atomic E-state index is -0.491. The molecule has 1 unspecified atom stereocenters. The lowest BCUT2D eigenvalue weighted by atomic mass is 10.0. The molecule has 2 N–H and O–H groups in total. The fourth-order valence-corrected chi connectivity index (χ4v) is 5.08. The van der Waals surface area contributed by atoms with Gasteiger partial charge < -0.3 is 24.8 Å². The first kappa shape index (κ1) is 21.8. The lowest BCUT2D eigenvalue weighted by molar-refractivity contribution is 0.0725. The molecule has 0 radical (unpaired) electrons. The molecular weight excluding hydrogens is 380 g/mol. The van der Waals surface area contributed by atoms with E-state index in [4.69, 9.17) is 9.47 Å². The van der Waals surface area contributed by atoms with E-state index in [0.717, 1.165) is 69.9 Å². The molecule has 0 spiro atoms. The van der Waals surface area contributed by atoms with Gasteiger partial charge in [0.25, 0.3) is 0 Å². The van der Waals surface area contributed by atoms with Crippen LogP contribution in [0.5, 0.6) is 11.5 Å². The van der Waals surface area contributed by atoms with Crippen LogP contribution in [0.3, 0.4) is 0 Å². The molecule has 1 aromatic carbocycles. The molecule has 0 aliphatic carbocycles. The van der Waals surface area contributed by atoms with Gasteiger partial charge in [-0.1, -0.05) is 6.07 Å². The number of hydrogen-bond donors (Lipinski definition) is 2. The number of hydrogen-bond acceptors (Lipinski definition) is 7. The van der Waals surface area contributed by atoms with Crippen molar-refractivity contribution >= 4 is 0 Å². The van der Waals surface area contributed by atoms with Gasteiger partial charge in [0.1, 0.15) is 12.7 Å². The van der Waals surface area contributed by atoms with E-state index in [0.29, 0.717) is 12.3 Å². The Morgan fingerprint density at radius 1 is 1.07 bits per heavy atom. The molecule has 7 heteroatoms. The Labute approximate surface area is 180 Å². The number of fused-ring (bicyclic) bond motifs is 1. The quantitative estimate of drug-likeness (QED) is 0.645. The van der Waals surface area contributed by atoms with Crippen molar-refractivity contribution in [3.63, 3.8) is 0 Å². The zero-order valence-electron chi connectivity index (χ0n) is 18.6. The van der Waals surface area contributed by atoms with Crippen LogP contribution in [-0.2, 0) is 6.54 Å². The number of ether oxygens (including phenoxy) is 2. The van der Waals surface area contributed by atoms with E-state index in [9.17, 15) is 5.11 Å². The van der Waals surface area contributed by atoms with Crippen molar-refractivity contribution in [1.82, 2.24) is 20.0 Å². The summed E-state index contributed by atoms with van der Waals surface area (Å²) in [7, 11) is 3.88. The highest BCUT2D eigenvalue weighted by molar-refractivity contribution is 5.43. The number of methoxy groups -OCH3 is 1. The van der Waals surface area contributed by atoms with Crippen molar-refractivity contribution in [2.45, 2.75) is 19.1 Å². The fourth-order valence-electron chi connectivity index (χ4n) is 5.08. The summed E-state index contributed by atoms with van der Waals surface area (Å²) >= 11 is 0. The van der Waals surface area contributed by atoms with Crippen LogP contribution in [0.4, 0.5) is 0 Å². The van der Waals surface area contributed by atoms with Gasteiger partial charge in [-0.25, -0.2) is 0 Å². The summed E-state index contributed by atoms with van der Waals surface area (Å²) in [5, 5.41) is 13.9. The van der Waals surface area contributed by atoms with Gasteiger partial charge >= 0.3 is 0 Å². The predicted molar refractivity (Wildman–Crippen MR) is 118 cm³/mol. The molecule has 30 heavy (non-hydrogen) atoms. The number of nitrogens with zero attached hydrogens (tertiary/aromatic N) is 3. The highest BCUT2D eigenvalue weighted by atomic mass is 16.5. The molecule has 0 aromatic heterocycles. The highest BCUT2D eigenvalue weighted by Crippen LogP contribution is 2.29. The average molecular weight is 419 g/mol. The second kappa shape index (κ2) is 10.3. The zero-order chi connectivity index (χ0) is 20.9. The van der Waals surface area contributed by atoms with Crippen molar-refractivity contribution in [3.05, 3.63) is 23.8 Å². The normalized spacial score (nSPS) is 27.0. The third-order valence-electron chi connectivity index (χ3n) is 6.81. The monoisotopic (exact) mass is 418 g/mol. The summed E-state index contributed by atoms with van der Waals surface area (Å²) < 4.78 is 11.5. The maximum absolute atomic E-state index is 10.5. The number of β-amino-alcohol motifs (C(OH)–C–C–N with tert-alkyl or cyclic N) is 1. The summed E-state index contributed by atoms with van der Waals surface area (Å²) in [6, 6.07) is 6.18. The van der Waals surface area contributed by atoms with Crippen LogP contribution in [0.2, 0.25) is 0 Å². The molecule has 168 valence electrons. The fraction of sp³-hybridized carbons (Fsp3) is 0.739. The molecule has 7 nitrogen and oxygen atoms in total. The molecular formula is C23H38N4O3. The summed E-state index contributed by atoms with van der Waals surface area (Å²) in [6.07, 6.45) is 0.720. The second-order valence-electron chi connectivity index (χ2n) is 9.28. The van der Waals surface area contributed by atoms with E-state index in [1.54, 1.807) is 7.11 Å². The van der Waals surface area contributed by atoms with E-state index in [1.165, 1.54) is 18.5 Å². The van der Waals surface area contributed by atoms with Gasteiger partial charge in [-0.2, -0.15) is 0 Å². The smallest absolute Gasteiger partial charge is 0.161 e. The minimum absolute atomic E-state index is 0.290. The molecule has 0 amide bonds. The SMILES string of the molecule is COc1cc(CN2CCCN(C)CC2)ccc1OCC(O)CN1C[C@H]2CNC[C@H]2C1. The van der Waals surface area contributed by atoms with Crippen LogP contribution in [0.15, 0.2) is 18.2 Å². The summed E-state index contributed by atoms with van der Waals surface area (Å²) in [5.41, 5.74) is 1.24. The molecule has 3 atom stereocenters. The Morgan fingerprint density at radius 2 is 1.87 bits per heavy atom. The van der Waals surface area contributed by atoms with E-state index in [2.05, 4.69) is 39.2 Å². The standard InChI is InChI=1S/C23H38N4O3/c1-25-6-3-7-26(9-8-25)13-18-4-5-22(23(10-18)29-2)30-17-21(28)16-27-14-19-11-24-12-20(19)15-27/h4-5,10,19-21,24,28H,3,6-9,11-17H2,1-2H3/t19-,20+,21?. The maximum Gasteiger partial charge on any atom is 0.161 e. The van der Waals surface area contributed by atoms with Crippen molar-refractivity contribution in [3.8, 4) is 11.5 Å². The lowest BCUT2D eigenvalue weighted by Crippen LogP contribution is -2.36. The van der Waals surface area contributed by atoms with Gasteiger partial charge in [0.2, 0.25) is 0 Å². The molecule has 3 aliphatic rings. The third-order valence-corrected chi connectivity index (χ3v) is 6.81. The van der Waals surface area contributed by atoms with Gasteiger partial charge in [-0.3, -0.25) is 9.80 Å². The number of aliphatic hydroxyl groups is 1. The van der Waals surface area contributed by atoms with Crippen LogP contribution in [0.25, 0.3) is 0 Å². The number of aliphatic hydroxyl groups excluding tert-OH is 1. The number of likely N-dealkylation sites (N-methyl/N-ethyl adjacent to an activating group) is 1. The first-order valence-electron chi connectivity index (χ1n) is 11.4. The van der Waals surface area contributed by atoms with Crippen molar-refractivity contribution in [1.29, 1.82) is 0 Å². The predicted octanol–water partition coefficient (Wildman–Crippen LogP) is 0.724. The van der Waals surface area contributed by atoms with E-state index in [-0.39, 0.29) is 6.61 Å². The van der Waals surface area contributed by atoms with E-state index in [1.807, 2.05) is 6.07 Å². The Balaban J connectivity index is 1.26. The highest BCUT2D eigenvalue weighted by Gasteiger charge is 2.36. The van der Waals surface area contributed by atoms with Crippen LogP contribution in [0, 0.1) is 11.8 Å². The van der Waals surface area contributed by atoms with Gasteiger partial charge in [0, 0.05) is 39.3 Å². The van der Waals surface area contributed by atoms with Crippen LogP contribution >= 0.6 is 0 Å². The van der Waals surface area contributed by atoms with Gasteiger partial charge in [0.15, 0.2) is 11.5 Å². The van der Waals surface area contributed by atoms with Crippen molar-refractivity contribution in [2.75, 3.05) is 79.7 Å². The van der Waals surface area contributed by atoms with E-state index >= 15 is 0 Å². The third kappa shape index (κ3) is 5.65. The van der Waals surface area contributed by atoms with E-state index < -0.39 is 6.10 Å². The van der Waals surface area contributed by atoms with Crippen LogP contribution in [-0.4, -0.2) is 106 Å². The maximum atomic E-state index is 10.5. The molecule has 3 heterocycles. The Bertz CT molecular complexity index is 676. The van der Waals surface area contributed by atoms with Gasteiger partial charge in [-0.05, 0) is 69.2 Å². The first-order valence-corrected chi connectivity index (χ1v) is 11.4. The summed E-state index contributed by atoms with van der Waals surface area (Å²) in [5.74, 6) is 2.94. The lowest BCUT2D eigenvalue weighted by Gasteiger charge is -2.22. The second-order valence-corrected chi connectivity index (χ2v) is 9.28. The van der Waals surface area contributed by atoms with Crippen LogP contribution < -0.4 is 14.8 Å².